The fourth-order valence-electron chi connectivity index (χ4n) is 2.86. The van der Waals surface area contributed by atoms with E-state index >= 15 is 0 Å². The Bertz CT molecular complexity index is 691. The van der Waals surface area contributed by atoms with Gasteiger partial charge in [-0.15, -0.1) is 0 Å². The quantitative estimate of drug-likeness (QED) is 0.623. The molecule has 1 nitrogen and oxygen atoms in total. The average molecular weight is 237 g/mol. The summed E-state index contributed by atoms with van der Waals surface area (Å²) in [6, 6.07) is 15.4. The van der Waals surface area contributed by atoms with Gasteiger partial charge in [-0.05, 0) is 30.5 Å². The number of rotatable bonds is 3. The third-order valence-electron chi connectivity index (χ3n) is 3.82. The highest BCUT2D eigenvalue weighted by Crippen LogP contribution is 2.31. The van der Waals surface area contributed by atoms with Crippen LogP contribution >= 0.6 is 0 Å². The Kier molecular flexibility index (Phi) is 2.83. The van der Waals surface area contributed by atoms with Crippen LogP contribution < -0.4 is 0 Å². The molecule has 1 heteroatoms. The minimum atomic E-state index is 1.18. The third-order valence-corrected chi connectivity index (χ3v) is 3.82. The lowest BCUT2D eigenvalue weighted by molar-refractivity contribution is 0.799. The summed E-state index contributed by atoms with van der Waals surface area (Å²) in [7, 11) is 2.16. The third kappa shape index (κ3) is 1.62. The predicted molar refractivity (Wildman–Crippen MR) is 79.0 cm³/mol. The first-order chi connectivity index (χ1) is 8.83. The molecule has 0 fully saturated rings. The van der Waals surface area contributed by atoms with Crippen molar-refractivity contribution in [2.24, 2.45) is 7.05 Å². The first kappa shape index (κ1) is 11.3. The van der Waals surface area contributed by atoms with Crippen molar-refractivity contribution < 1.29 is 0 Å². The molecule has 0 unspecified atom stereocenters. The van der Waals surface area contributed by atoms with Crippen molar-refractivity contribution in [3.63, 3.8) is 0 Å². The first-order valence-corrected chi connectivity index (χ1v) is 6.78. The Labute approximate surface area is 108 Å². The van der Waals surface area contributed by atoms with Crippen molar-refractivity contribution in [2.75, 3.05) is 0 Å². The molecule has 0 aliphatic heterocycles. The van der Waals surface area contributed by atoms with E-state index in [4.69, 9.17) is 0 Å². The van der Waals surface area contributed by atoms with Crippen LogP contribution in [0.25, 0.3) is 21.8 Å². The lowest BCUT2D eigenvalue weighted by Crippen LogP contribution is -1.88. The maximum absolute atomic E-state index is 2.31. The predicted octanol–water partition coefficient (Wildman–Crippen LogP) is 4.67. The zero-order valence-corrected chi connectivity index (χ0v) is 11.1. The normalized spacial score (nSPS) is 11.4. The average Bonchev–Trinajstić information content (AvgIpc) is 2.71. The summed E-state index contributed by atoms with van der Waals surface area (Å²) >= 11 is 0. The first-order valence-electron chi connectivity index (χ1n) is 6.78. The molecule has 1 aromatic heterocycles. The van der Waals surface area contributed by atoms with E-state index in [1.54, 1.807) is 0 Å². The summed E-state index contributed by atoms with van der Waals surface area (Å²) in [4.78, 5) is 0. The molecule has 3 aromatic rings. The summed E-state index contributed by atoms with van der Waals surface area (Å²) < 4.78 is 2.31. The van der Waals surface area contributed by atoms with Crippen LogP contribution in [0.3, 0.4) is 0 Å². The number of unbranched alkanes of at least 4 members (excludes halogenated alkanes) is 1. The van der Waals surface area contributed by atoms with Crippen LogP contribution in [0.15, 0.2) is 42.5 Å². The van der Waals surface area contributed by atoms with Crippen molar-refractivity contribution in [1.82, 2.24) is 4.57 Å². The lowest BCUT2D eigenvalue weighted by Gasteiger charge is -2.03. The molecule has 3 rings (SSSR count). The second-order valence-electron chi connectivity index (χ2n) is 4.99. The molecule has 0 aliphatic carbocycles. The standard InChI is InChI=1S/C17H19N/c1-3-4-8-13-9-7-12-16-17(13)14-10-5-6-11-15(14)18(16)2/h5-7,9-12H,3-4,8H2,1-2H3. The van der Waals surface area contributed by atoms with E-state index in [-0.39, 0.29) is 0 Å². The SMILES string of the molecule is CCCCc1cccc2c1c1ccccc1n2C. The molecule has 1 heterocycles. The second kappa shape index (κ2) is 4.49. The van der Waals surface area contributed by atoms with Gasteiger partial charge in [0.15, 0.2) is 0 Å². The molecule has 0 bridgehead atoms. The highest BCUT2D eigenvalue weighted by atomic mass is 14.9. The van der Waals surface area contributed by atoms with Crippen LogP contribution in [-0.4, -0.2) is 4.57 Å². The fraction of sp³-hybridized carbons (Fsp3) is 0.294. The van der Waals surface area contributed by atoms with E-state index in [1.807, 2.05) is 0 Å². The minimum Gasteiger partial charge on any atom is -0.344 e. The van der Waals surface area contributed by atoms with Gasteiger partial charge >= 0.3 is 0 Å². The van der Waals surface area contributed by atoms with Crippen molar-refractivity contribution in [3.8, 4) is 0 Å². The molecule has 0 atom stereocenters. The Balaban J connectivity index is 2.35. The van der Waals surface area contributed by atoms with Crippen LogP contribution in [0, 0.1) is 0 Å². The van der Waals surface area contributed by atoms with E-state index in [0.29, 0.717) is 0 Å². The van der Waals surface area contributed by atoms with Crippen molar-refractivity contribution >= 4 is 21.8 Å². The molecule has 0 aliphatic rings. The van der Waals surface area contributed by atoms with Crippen molar-refractivity contribution in [2.45, 2.75) is 26.2 Å². The topological polar surface area (TPSA) is 4.93 Å². The molecule has 0 radical (unpaired) electrons. The molecule has 92 valence electrons. The molecular formula is C17H19N. The van der Waals surface area contributed by atoms with E-state index in [1.165, 1.54) is 46.6 Å². The molecule has 0 saturated carbocycles. The summed E-state index contributed by atoms with van der Waals surface area (Å²) in [6.45, 7) is 2.25. The van der Waals surface area contributed by atoms with Crippen LogP contribution in [0.5, 0.6) is 0 Å². The molecule has 0 saturated heterocycles. The minimum absolute atomic E-state index is 1.18. The maximum Gasteiger partial charge on any atom is 0.0491 e. The number of aromatic nitrogens is 1. The van der Waals surface area contributed by atoms with Gasteiger partial charge in [0.25, 0.3) is 0 Å². The van der Waals surface area contributed by atoms with Gasteiger partial charge in [-0.1, -0.05) is 43.7 Å². The van der Waals surface area contributed by atoms with Gasteiger partial charge in [-0.2, -0.15) is 0 Å². The summed E-state index contributed by atoms with van der Waals surface area (Å²) in [5.41, 5.74) is 4.17. The van der Waals surface area contributed by atoms with Gasteiger partial charge < -0.3 is 4.57 Å². The molecule has 0 amide bonds. The van der Waals surface area contributed by atoms with Crippen LogP contribution in [-0.2, 0) is 13.5 Å². The number of hydrogen-bond acceptors (Lipinski definition) is 0. The van der Waals surface area contributed by atoms with Gasteiger partial charge in [-0.3, -0.25) is 0 Å². The Morgan fingerprint density at radius 3 is 2.56 bits per heavy atom. The van der Waals surface area contributed by atoms with E-state index in [2.05, 4.69) is 61.0 Å². The highest BCUT2D eigenvalue weighted by Gasteiger charge is 2.10. The van der Waals surface area contributed by atoms with E-state index < -0.39 is 0 Å². The lowest BCUT2D eigenvalue weighted by atomic mass is 10.0. The Hall–Kier alpha value is -1.76. The van der Waals surface area contributed by atoms with Gasteiger partial charge in [0.2, 0.25) is 0 Å². The number of para-hydroxylation sites is 1. The van der Waals surface area contributed by atoms with Gasteiger partial charge in [0.1, 0.15) is 0 Å². The van der Waals surface area contributed by atoms with Crippen LogP contribution in [0.4, 0.5) is 0 Å². The van der Waals surface area contributed by atoms with Crippen LogP contribution in [0.1, 0.15) is 25.3 Å². The van der Waals surface area contributed by atoms with E-state index in [9.17, 15) is 0 Å². The van der Waals surface area contributed by atoms with Gasteiger partial charge in [-0.25, -0.2) is 0 Å². The van der Waals surface area contributed by atoms with E-state index in [0.717, 1.165) is 0 Å². The zero-order chi connectivity index (χ0) is 12.5. The van der Waals surface area contributed by atoms with Crippen molar-refractivity contribution in [3.05, 3.63) is 48.0 Å². The largest absolute Gasteiger partial charge is 0.344 e. The Morgan fingerprint density at radius 2 is 1.72 bits per heavy atom. The summed E-state index contributed by atoms with van der Waals surface area (Å²) in [6.07, 6.45) is 3.70. The number of hydrogen-bond donors (Lipinski definition) is 0. The van der Waals surface area contributed by atoms with Crippen molar-refractivity contribution in [1.29, 1.82) is 0 Å². The zero-order valence-electron chi connectivity index (χ0n) is 11.1. The smallest absolute Gasteiger partial charge is 0.0491 e. The number of fused-ring (bicyclic) bond motifs is 3. The monoisotopic (exact) mass is 237 g/mol. The molecule has 2 aromatic carbocycles. The van der Waals surface area contributed by atoms with Crippen LogP contribution in [0.2, 0.25) is 0 Å². The summed E-state index contributed by atoms with van der Waals surface area (Å²) in [5.74, 6) is 0. The fourth-order valence-corrected chi connectivity index (χ4v) is 2.86. The molecule has 18 heavy (non-hydrogen) atoms. The highest BCUT2D eigenvalue weighted by molar-refractivity contribution is 6.09. The maximum atomic E-state index is 2.31. The molecular weight excluding hydrogens is 218 g/mol. The molecule has 0 spiro atoms. The summed E-state index contributed by atoms with van der Waals surface area (Å²) in [5, 5.41) is 2.84. The number of benzene rings is 2. The number of nitrogens with zero attached hydrogens (tertiary/aromatic N) is 1. The van der Waals surface area contributed by atoms with Gasteiger partial charge in [0, 0.05) is 28.9 Å². The number of aryl methyl sites for hydroxylation is 2. The Morgan fingerprint density at radius 1 is 0.944 bits per heavy atom. The second-order valence-corrected chi connectivity index (χ2v) is 4.99. The van der Waals surface area contributed by atoms with Gasteiger partial charge in [0.05, 0.1) is 0 Å². The molecule has 0 N–H and O–H groups in total.